The summed E-state index contributed by atoms with van der Waals surface area (Å²) in [5.41, 5.74) is 2.22. The predicted molar refractivity (Wildman–Crippen MR) is 121 cm³/mol. The van der Waals surface area contributed by atoms with Crippen molar-refractivity contribution in [3.05, 3.63) is 75.3 Å². The van der Waals surface area contributed by atoms with Crippen molar-refractivity contribution < 1.29 is 14.5 Å². The molecule has 2 aromatic carbocycles. The van der Waals surface area contributed by atoms with Gasteiger partial charge in [0, 0.05) is 24.7 Å². The average molecular weight is 426 g/mol. The highest BCUT2D eigenvalue weighted by atomic mass is 16.6. The minimum Gasteiger partial charge on any atom is -0.354 e. The average Bonchev–Trinajstić information content (AvgIpc) is 2.74. The Hall–Kier alpha value is -3.22. The van der Waals surface area contributed by atoms with Crippen LogP contribution in [-0.2, 0) is 22.6 Å². The van der Waals surface area contributed by atoms with Gasteiger partial charge in [-0.3, -0.25) is 19.7 Å². The Balaban J connectivity index is 2.32. The van der Waals surface area contributed by atoms with Crippen molar-refractivity contribution >= 4 is 17.5 Å². The van der Waals surface area contributed by atoms with Gasteiger partial charge in [-0.2, -0.15) is 0 Å². The lowest BCUT2D eigenvalue weighted by Gasteiger charge is -2.31. The summed E-state index contributed by atoms with van der Waals surface area (Å²) in [5.74, 6) is -0.507. The molecule has 0 spiro atoms. The van der Waals surface area contributed by atoms with Crippen LogP contribution in [0.1, 0.15) is 49.8 Å². The number of nitrogens with one attached hydrogen (secondary N) is 1. The lowest BCUT2D eigenvalue weighted by Crippen LogP contribution is -2.49. The van der Waals surface area contributed by atoms with Crippen LogP contribution in [0, 0.1) is 17.0 Å². The van der Waals surface area contributed by atoms with Crippen molar-refractivity contribution in [3.63, 3.8) is 0 Å². The number of benzene rings is 2. The number of unbranched alkanes of at least 4 members (excludes halogenated alkanes) is 1. The molecular weight excluding hydrogens is 394 g/mol. The molecule has 0 aliphatic carbocycles. The molecule has 0 saturated carbocycles. The topological polar surface area (TPSA) is 92.6 Å². The molecule has 2 aromatic rings. The molecule has 0 heterocycles. The molecule has 0 fully saturated rings. The van der Waals surface area contributed by atoms with Crippen LogP contribution in [0.15, 0.2) is 48.5 Å². The Morgan fingerprint density at radius 2 is 1.87 bits per heavy atom. The molecular formula is C24H31N3O4. The first-order valence-corrected chi connectivity index (χ1v) is 10.7. The van der Waals surface area contributed by atoms with E-state index in [1.165, 1.54) is 6.07 Å². The number of carbonyl (C=O) groups is 2. The van der Waals surface area contributed by atoms with Gasteiger partial charge in [0.15, 0.2) is 0 Å². The maximum absolute atomic E-state index is 13.3. The zero-order valence-electron chi connectivity index (χ0n) is 18.5. The maximum Gasteiger partial charge on any atom is 0.273 e. The standard InChI is InChI=1S/C24H31N3O4/c1-4-6-14-25-24(29)21(5-2)26(17-19-11-9-10-18(3)15-19)23(28)16-20-12-7-8-13-22(20)27(30)31/h7-13,15,21H,4-6,14,16-17H2,1-3H3,(H,25,29)/t21-/m1/s1. The van der Waals surface area contributed by atoms with Crippen molar-refractivity contribution in [3.8, 4) is 0 Å². The summed E-state index contributed by atoms with van der Waals surface area (Å²) in [6.07, 6.45) is 2.14. The number of amides is 2. The lowest BCUT2D eigenvalue weighted by molar-refractivity contribution is -0.385. The summed E-state index contributed by atoms with van der Waals surface area (Å²) in [4.78, 5) is 38.6. The van der Waals surface area contributed by atoms with Crippen molar-refractivity contribution in [2.45, 2.75) is 59.0 Å². The number of nitro benzene ring substituents is 1. The number of para-hydroxylation sites is 1. The Bertz CT molecular complexity index is 913. The second-order valence-electron chi connectivity index (χ2n) is 7.64. The molecule has 2 rings (SSSR count). The summed E-state index contributed by atoms with van der Waals surface area (Å²) >= 11 is 0. The largest absolute Gasteiger partial charge is 0.354 e. The van der Waals surface area contributed by atoms with Crippen LogP contribution in [0.25, 0.3) is 0 Å². The third-order valence-electron chi connectivity index (χ3n) is 5.18. The summed E-state index contributed by atoms with van der Waals surface area (Å²) in [6.45, 7) is 6.70. The highest BCUT2D eigenvalue weighted by Crippen LogP contribution is 2.21. The molecule has 7 nitrogen and oxygen atoms in total. The summed E-state index contributed by atoms with van der Waals surface area (Å²) in [5, 5.41) is 14.3. The Kier molecular flexibility index (Phi) is 9.18. The molecule has 1 N–H and O–H groups in total. The van der Waals surface area contributed by atoms with E-state index in [-0.39, 0.29) is 30.5 Å². The third-order valence-corrected chi connectivity index (χ3v) is 5.18. The van der Waals surface area contributed by atoms with Crippen molar-refractivity contribution in [2.75, 3.05) is 6.54 Å². The quantitative estimate of drug-likeness (QED) is 0.332. The lowest BCUT2D eigenvalue weighted by atomic mass is 10.0. The van der Waals surface area contributed by atoms with E-state index in [9.17, 15) is 19.7 Å². The Morgan fingerprint density at radius 1 is 1.13 bits per heavy atom. The number of nitrogens with zero attached hydrogens (tertiary/aromatic N) is 2. The smallest absolute Gasteiger partial charge is 0.273 e. The van der Waals surface area contributed by atoms with E-state index in [2.05, 4.69) is 5.32 Å². The SMILES string of the molecule is CCCCNC(=O)[C@@H](CC)N(Cc1cccc(C)c1)C(=O)Cc1ccccc1[N+](=O)[O-]. The summed E-state index contributed by atoms with van der Waals surface area (Å²) in [7, 11) is 0. The fourth-order valence-corrected chi connectivity index (χ4v) is 3.54. The minimum absolute atomic E-state index is 0.0909. The van der Waals surface area contributed by atoms with Gasteiger partial charge in [0.1, 0.15) is 6.04 Å². The zero-order valence-corrected chi connectivity index (χ0v) is 18.5. The fraction of sp³-hybridized carbons (Fsp3) is 0.417. The van der Waals surface area contributed by atoms with Crippen molar-refractivity contribution in [2.24, 2.45) is 0 Å². The van der Waals surface area contributed by atoms with Crippen LogP contribution in [0.5, 0.6) is 0 Å². The molecule has 7 heteroatoms. The van der Waals surface area contributed by atoms with Crippen LogP contribution in [-0.4, -0.2) is 34.2 Å². The first-order chi connectivity index (χ1) is 14.9. The van der Waals surface area contributed by atoms with E-state index >= 15 is 0 Å². The summed E-state index contributed by atoms with van der Waals surface area (Å²) < 4.78 is 0. The highest BCUT2D eigenvalue weighted by Gasteiger charge is 2.29. The number of hydrogen-bond donors (Lipinski definition) is 1. The molecule has 166 valence electrons. The number of rotatable bonds is 11. The molecule has 0 unspecified atom stereocenters. The fourth-order valence-electron chi connectivity index (χ4n) is 3.54. The van der Waals surface area contributed by atoms with Gasteiger partial charge in [0.25, 0.3) is 5.69 Å². The van der Waals surface area contributed by atoms with E-state index in [1.807, 2.05) is 45.0 Å². The second kappa shape index (κ2) is 11.8. The van der Waals surface area contributed by atoms with Gasteiger partial charge in [-0.15, -0.1) is 0 Å². The highest BCUT2D eigenvalue weighted by molar-refractivity contribution is 5.88. The van der Waals surface area contributed by atoms with Gasteiger partial charge in [0.05, 0.1) is 11.3 Å². The maximum atomic E-state index is 13.3. The van der Waals surface area contributed by atoms with E-state index in [0.29, 0.717) is 18.5 Å². The van der Waals surface area contributed by atoms with E-state index < -0.39 is 11.0 Å². The van der Waals surface area contributed by atoms with Gasteiger partial charge in [-0.1, -0.05) is 68.3 Å². The van der Waals surface area contributed by atoms with E-state index in [4.69, 9.17) is 0 Å². The summed E-state index contributed by atoms with van der Waals surface area (Å²) in [6, 6.07) is 13.4. The van der Waals surface area contributed by atoms with Gasteiger partial charge in [-0.25, -0.2) is 0 Å². The van der Waals surface area contributed by atoms with Crippen LogP contribution >= 0.6 is 0 Å². The first-order valence-electron chi connectivity index (χ1n) is 10.7. The van der Waals surface area contributed by atoms with Crippen LogP contribution in [0.4, 0.5) is 5.69 Å². The normalized spacial score (nSPS) is 11.6. The van der Waals surface area contributed by atoms with Crippen LogP contribution in [0.3, 0.4) is 0 Å². The molecule has 2 amide bonds. The zero-order chi connectivity index (χ0) is 22.8. The Morgan fingerprint density at radius 3 is 2.52 bits per heavy atom. The van der Waals surface area contributed by atoms with Gasteiger partial charge in [-0.05, 0) is 25.3 Å². The van der Waals surface area contributed by atoms with Gasteiger partial charge >= 0.3 is 0 Å². The minimum atomic E-state index is -0.646. The predicted octanol–water partition coefficient (Wildman–Crippen LogP) is 4.17. The monoisotopic (exact) mass is 425 g/mol. The molecule has 0 saturated heterocycles. The number of carbonyl (C=O) groups excluding carboxylic acids is 2. The third kappa shape index (κ3) is 6.91. The Labute approximate surface area is 183 Å². The number of aryl methyl sites for hydroxylation is 1. The van der Waals surface area contributed by atoms with E-state index in [0.717, 1.165) is 24.0 Å². The molecule has 0 aliphatic rings. The van der Waals surface area contributed by atoms with Crippen LogP contribution in [0.2, 0.25) is 0 Å². The number of hydrogen-bond acceptors (Lipinski definition) is 4. The van der Waals surface area contributed by atoms with Crippen LogP contribution < -0.4 is 5.32 Å². The molecule has 0 radical (unpaired) electrons. The molecule has 0 bridgehead atoms. The van der Waals surface area contributed by atoms with Gasteiger partial charge < -0.3 is 10.2 Å². The van der Waals surface area contributed by atoms with Gasteiger partial charge in [0.2, 0.25) is 11.8 Å². The van der Waals surface area contributed by atoms with Crippen molar-refractivity contribution in [1.29, 1.82) is 0 Å². The molecule has 1 atom stereocenters. The first kappa shape index (κ1) is 24.1. The second-order valence-corrected chi connectivity index (χ2v) is 7.64. The molecule has 0 aliphatic heterocycles. The molecule has 0 aromatic heterocycles. The van der Waals surface area contributed by atoms with E-state index in [1.54, 1.807) is 23.1 Å². The van der Waals surface area contributed by atoms with Crippen molar-refractivity contribution in [1.82, 2.24) is 10.2 Å². The molecule has 31 heavy (non-hydrogen) atoms. The number of nitro groups is 1.